The minimum absolute atomic E-state index is 0.0793. The van der Waals surface area contributed by atoms with Crippen LogP contribution >= 0.6 is 0 Å². The van der Waals surface area contributed by atoms with Gasteiger partial charge >= 0.3 is 0 Å². The summed E-state index contributed by atoms with van der Waals surface area (Å²) in [5.74, 6) is -0.311. The summed E-state index contributed by atoms with van der Waals surface area (Å²) in [4.78, 5) is 11.5. The lowest BCUT2D eigenvalue weighted by atomic mass is 9.82. The summed E-state index contributed by atoms with van der Waals surface area (Å²) in [6.07, 6.45) is 0.770. The lowest BCUT2D eigenvalue weighted by Gasteiger charge is -2.33. The van der Waals surface area contributed by atoms with E-state index in [1.54, 1.807) is 0 Å². The van der Waals surface area contributed by atoms with Crippen LogP contribution in [0, 0.1) is 5.41 Å². The van der Waals surface area contributed by atoms with E-state index < -0.39 is 0 Å². The number of amides is 1. The fourth-order valence-electron chi connectivity index (χ4n) is 1.99. The summed E-state index contributed by atoms with van der Waals surface area (Å²) < 4.78 is 0. The molecule has 0 aliphatic rings. The van der Waals surface area contributed by atoms with Crippen LogP contribution in [0.1, 0.15) is 47.5 Å². The van der Waals surface area contributed by atoms with Crippen molar-refractivity contribution in [1.29, 1.82) is 0 Å². The lowest BCUT2D eigenvalue weighted by molar-refractivity contribution is -0.121. The van der Waals surface area contributed by atoms with Crippen molar-refractivity contribution in [3.8, 4) is 0 Å². The van der Waals surface area contributed by atoms with Crippen molar-refractivity contribution in [3.63, 3.8) is 0 Å². The van der Waals surface area contributed by atoms with E-state index >= 15 is 0 Å². The van der Waals surface area contributed by atoms with Gasteiger partial charge < -0.3 is 16.3 Å². The van der Waals surface area contributed by atoms with Crippen molar-refractivity contribution in [3.05, 3.63) is 0 Å². The standard InChI is InChI=1S/C11H23N3O2/c1-10(2,3)7-11(4,5)13-9(15)6-8(12)14-16/h16H,6-7H2,1-5H3,(H2,12,14)(H,13,15). The van der Waals surface area contributed by atoms with Crippen LogP contribution in [0.15, 0.2) is 5.16 Å². The number of oxime groups is 1. The molecule has 1 amide bonds. The second-order valence-corrected chi connectivity index (χ2v) is 5.94. The van der Waals surface area contributed by atoms with E-state index in [1.165, 1.54) is 0 Å². The number of amidine groups is 1. The van der Waals surface area contributed by atoms with Crippen LogP contribution in [0.25, 0.3) is 0 Å². The van der Waals surface area contributed by atoms with E-state index in [0.29, 0.717) is 0 Å². The summed E-state index contributed by atoms with van der Waals surface area (Å²) in [6.45, 7) is 10.3. The lowest BCUT2D eigenvalue weighted by Crippen LogP contribution is -2.46. The highest BCUT2D eigenvalue weighted by Crippen LogP contribution is 2.26. The highest BCUT2D eigenvalue weighted by atomic mass is 16.4. The van der Waals surface area contributed by atoms with Crippen molar-refractivity contribution in [1.82, 2.24) is 5.32 Å². The first kappa shape index (κ1) is 14.7. The third kappa shape index (κ3) is 7.09. The van der Waals surface area contributed by atoms with Crippen LogP contribution in [0.2, 0.25) is 0 Å². The molecule has 4 N–H and O–H groups in total. The third-order valence-corrected chi connectivity index (χ3v) is 1.92. The number of nitrogens with zero attached hydrogens (tertiary/aromatic N) is 1. The number of nitrogens with two attached hydrogens (primary N) is 1. The average Bonchev–Trinajstić information content (AvgIpc) is 1.97. The molecular weight excluding hydrogens is 206 g/mol. The molecule has 0 saturated heterocycles. The van der Waals surface area contributed by atoms with Crippen LogP contribution in [0.3, 0.4) is 0 Å². The first-order valence-electron chi connectivity index (χ1n) is 5.33. The number of nitrogens with one attached hydrogen (secondary N) is 1. The van der Waals surface area contributed by atoms with Crippen LogP contribution < -0.4 is 11.1 Å². The summed E-state index contributed by atoms with van der Waals surface area (Å²) in [6, 6.07) is 0. The minimum Gasteiger partial charge on any atom is -0.409 e. The predicted molar refractivity (Wildman–Crippen MR) is 64.3 cm³/mol. The molecule has 94 valence electrons. The van der Waals surface area contributed by atoms with E-state index in [2.05, 4.69) is 31.2 Å². The predicted octanol–water partition coefficient (Wildman–Crippen LogP) is 1.45. The van der Waals surface area contributed by atoms with E-state index in [4.69, 9.17) is 10.9 Å². The smallest absolute Gasteiger partial charge is 0.228 e. The second kappa shape index (κ2) is 5.18. The van der Waals surface area contributed by atoms with Crippen LogP contribution in [-0.2, 0) is 4.79 Å². The van der Waals surface area contributed by atoms with E-state index in [9.17, 15) is 4.79 Å². The van der Waals surface area contributed by atoms with E-state index in [-0.39, 0.29) is 29.1 Å². The SMILES string of the molecule is CC(C)(C)CC(C)(C)NC(=O)CC(N)=NO. The van der Waals surface area contributed by atoms with E-state index in [1.807, 2.05) is 13.8 Å². The Morgan fingerprint density at radius 3 is 2.19 bits per heavy atom. The number of carbonyl (C=O) groups is 1. The molecule has 0 bridgehead atoms. The molecule has 0 aliphatic carbocycles. The highest BCUT2D eigenvalue weighted by molar-refractivity contribution is 5.98. The summed E-state index contributed by atoms with van der Waals surface area (Å²) in [5, 5.41) is 14.0. The van der Waals surface area contributed by atoms with Gasteiger partial charge in [0.05, 0.1) is 6.42 Å². The van der Waals surface area contributed by atoms with Crippen molar-refractivity contribution in [2.45, 2.75) is 53.0 Å². The average molecular weight is 229 g/mol. The molecule has 5 heteroatoms. The Hall–Kier alpha value is -1.26. The monoisotopic (exact) mass is 229 g/mol. The van der Waals surface area contributed by atoms with Gasteiger partial charge in [-0.2, -0.15) is 0 Å². The number of hydrogen-bond donors (Lipinski definition) is 3. The molecule has 16 heavy (non-hydrogen) atoms. The number of hydrogen-bond acceptors (Lipinski definition) is 3. The molecular formula is C11H23N3O2. The Kier molecular flexibility index (Phi) is 4.78. The van der Waals surface area contributed by atoms with Crippen LogP contribution in [0.5, 0.6) is 0 Å². The van der Waals surface area contributed by atoms with Gasteiger partial charge in [0, 0.05) is 5.54 Å². The topological polar surface area (TPSA) is 87.7 Å². The minimum atomic E-state index is -0.301. The Balaban J connectivity index is 4.31. The van der Waals surface area contributed by atoms with Gasteiger partial charge in [-0.25, -0.2) is 0 Å². The summed E-state index contributed by atoms with van der Waals surface area (Å²) >= 11 is 0. The van der Waals surface area contributed by atoms with Crippen LogP contribution in [-0.4, -0.2) is 22.5 Å². The highest BCUT2D eigenvalue weighted by Gasteiger charge is 2.27. The summed E-state index contributed by atoms with van der Waals surface area (Å²) in [7, 11) is 0. The molecule has 0 aliphatic heterocycles. The summed E-state index contributed by atoms with van der Waals surface area (Å²) in [5.41, 5.74) is 5.09. The zero-order valence-corrected chi connectivity index (χ0v) is 10.8. The fourth-order valence-corrected chi connectivity index (χ4v) is 1.99. The van der Waals surface area contributed by atoms with Crippen LogP contribution in [0.4, 0.5) is 0 Å². The maximum Gasteiger partial charge on any atom is 0.228 e. The van der Waals surface area contributed by atoms with Gasteiger partial charge in [0.15, 0.2) is 0 Å². The zero-order valence-electron chi connectivity index (χ0n) is 10.8. The van der Waals surface area contributed by atoms with Gasteiger partial charge in [-0.05, 0) is 25.7 Å². The Labute approximate surface area is 97.1 Å². The first-order valence-corrected chi connectivity index (χ1v) is 5.33. The normalized spacial score (nSPS) is 13.7. The molecule has 0 aromatic carbocycles. The molecule has 0 aromatic rings. The molecule has 0 radical (unpaired) electrons. The third-order valence-electron chi connectivity index (χ3n) is 1.92. The van der Waals surface area contributed by atoms with Gasteiger partial charge in [0.1, 0.15) is 5.84 Å². The van der Waals surface area contributed by atoms with Gasteiger partial charge in [-0.1, -0.05) is 25.9 Å². The fraction of sp³-hybridized carbons (Fsp3) is 0.818. The van der Waals surface area contributed by atoms with Gasteiger partial charge in [0.25, 0.3) is 0 Å². The number of rotatable bonds is 4. The maximum atomic E-state index is 11.5. The Morgan fingerprint density at radius 1 is 1.31 bits per heavy atom. The van der Waals surface area contributed by atoms with E-state index in [0.717, 1.165) is 6.42 Å². The Morgan fingerprint density at radius 2 is 1.81 bits per heavy atom. The largest absolute Gasteiger partial charge is 0.409 e. The molecule has 0 unspecified atom stereocenters. The molecule has 0 aromatic heterocycles. The molecule has 0 saturated carbocycles. The quantitative estimate of drug-likeness (QED) is 0.295. The molecule has 5 nitrogen and oxygen atoms in total. The molecule has 0 atom stereocenters. The van der Waals surface area contributed by atoms with Gasteiger partial charge in [0.2, 0.25) is 5.91 Å². The van der Waals surface area contributed by atoms with Crippen molar-refractivity contribution >= 4 is 11.7 Å². The van der Waals surface area contributed by atoms with Gasteiger partial charge in [-0.3, -0.25) is 4.79 Å². The van der Waals surface area contributed by atoms with Crippen molar-refractivity contribution in [2.75, 3.05) is 0 Å². The molecule has 0 rings (SSSR count). The second-order valence-electron chi connectivity index (χ2n) is 5.94. The van der Waals surface area contributed by atoms with Gasteiger partial charge in [-0.15, -0.1) is 0 Å². The number of carbonyl (C=O) groups excluding carboxylic acids is 1. The molecule has 0 heterocycles. The van der Waals surface area contributed by atoms with Crippen molar-refractivity contribution < 1.29 is 10.0 Å². The molecule has 0 fully saturated rings. The molecule has 0 spiro atoms. The van der Waals surface area contributed by atoms with Crippen molar-refractivity contribution in [2.24, 2.45) is 16.3 Å². The first-order chi connectivity index (χ1) is 7.06. The maximum absolute atomic E-state index is 11.5. The zero-order chi connectivity index (χ0) is 13.0. The Bertz CT molecular complexity index is 277.